The van der Waals surface area contributed by atoms with Crippen molar-refractivity contribution >= 4 is 5.91 Å². The third kappa shape index (κ3) is 2.16. The van der Waals surface area contributed by atoms with E-state index in [2.05, 4.69) is 31.0 Å². The zero-order valence-electron chi connectivity index (χ0n) is 9.92. The number of nitrogens with one attached hydrogen (secondary N) is 1. The summed E-state index contributed by atoms with van der Waals surface area (Å²) in [7, 11) is 0. The van der Waals surface area contributed by atoms with Crippen LogP contribution in [0.4, 0.5) is 0 Å². The van der Waals surface area contributed by atoms with Crippen LogP contribution in [0, 0.1) is 0 Å². The molecule has 2 saturated heterocycles. The largest absolute Gasteiger partial charge is 0.335 e. The molecule has 86 valence electrons. The fourth-order valence-corrected chi connectivity index (χ4v) is 2.41. The van der Waals surface area contributed by atoms with Gasteiger partial charge in [-0.2, -0.15) is 0 Å². The molecule has 2 fully saturated rings. The minimum absolute atomic E-state index is 0.0411. The number of amides is 1. The van der Waals surface area contributed by atoms with Crippen LogP contribution in [0.1, 0.15) is 20.8 Å². The van der Waals surface area contributed by atoms with Crippen LogP contribution >= 0.6 is 0 Å². The number of hydrogen-bond acceptors (Lipinski definition) is 3. The van der Waals surface area contributed by atoms with Crippen molar-refractivity contribution in [2.24, 2.45) is 0 Å². The Balaban J connectivity index is 2.08. The molecular formula is C11H21N3O. The molecule has 1 atom stereocenters. The molecule has 0 radical (unpaired) electrons. The summed E-state index contributed by atoms with van der Waals surface area (Å²) in [5.41, 5.74) is -0.0411. The quantitative estimate of drug-likeness (QED) is 0.608. The number of carbonyl (C=O) groups excluding carboxylic acids is 1. The number of fused-ring (bicyclic) bond motifs is 1. The maximum absolute atomic E-state index is 12.0. The molecule has 0 aromatic heterocycles. The van der Waals surface area contributed by atoms with Crippen LogP contribution in [-0.2, 0) is 4.79 Å². The van der Waals surface area contributed by atoms with Gasteiger partial charge in [0.15, 0.2) is 0 Å². The molecule has 1 N–H and O–H groups in total. The van der Waals surface area contributed by atoms with Gasteiger partial charge in [0.05, 0.1) is 6.54 Å². The second kappa shape index (κ2) is 3.76. The van der Waals surface area contributed by atoms with E-state index in [1.807, 2.05) is 4.90 Å². The van der Waals surface area contributed by atoms with E-state index < -0.39 is 0 Å². The van der Waals surface area contributed by atoms with Crippen LogP contribution < -0.4 is 5.32 Å². The van der Waals surface area contributed by atoms with Crippen molar-refractivity contribution in [3.05, 3.63) is 0 Å². The lowest BCUT2D eigenvalue weighted by Crippen LogP contribution is -2.66. The molecule has 2 heterocycles. The van der Waals surface area contributed by atoms with Gasteiger partial charge in [0, 0.05) is 37.8 Å². The fourth-order valence-electron chi connectivity index (χ4n) is 2.41. The predicted octanol–water partition coefficient (Wildman–Crippen LogP) is -0.0991. The Morgan fingerprint density at radius 2 is 2.13 bits per heavy atom. The topological polar surface area (TPSA) is 35.6 Å². The molecule has 0 aliphatic carbocycles. The van der Waals surface area contributed by atoms with Crippen LogP contribution in [0.3, 0.4) is 0 Å². The van der Waals surface area contributed by atoms with Gasteiger partial charge in [-0.1, -0.05) is 0 Å². The van der Waals surface area contributed by atoms with Gasteiger partial charge >= 0.3 is 0 Å². The Hall–Kier alpha value is -0.610. The average Bonchev–Trinajstić information content (AvgIpc) is 2.15. The number of hydrogen-bond donors (Lipinski definition) is 1. The lowest BCUT2D eigenvalue weighted by molar-refractivity contribution is -0.145. The van der Waals surface area contributed by atoms with E-state index in [9.17, 15) is 4.79 Å². The second-order valence-electron chi connectivity index (χ2n) is 5.50. The Morgan fingerprint density at radius 3 is 2.80 bits per heavy atom. The van der Waals surface area contributed by atoms with Gasteiger partial charge < -0.3 is 10.2 Å². The smallest absolute Gasteiger partial charge is 0.237 e. The maximum atomic E-state index is 12.0. The first-order valence-corrected chi connectivity index (χ1v) is 5.74. The van der Waals surface area contributed by atoms with E-state index in [0.29, 0.717) is 12.6 Å². The van der Waals surface area contributed by atoms with Crippen LogP contribution in [0.25, 0.3) is 0 Å². The molecule has 1 unspecified atom stereocenters. The highest BCUT2D eigenvalue weighted by molar-refractivity contribution is 5.80. The molecule has 0 aromatic carbocycles. The van der Waals surface area contributed by atoms with Gasteiger partial charge in [0.1, 0.15) is 0 Å². The first-order chi connectivity index (χ1) is 6.98. The van der Waals surface area contributed by atoms with Crippen molar-refractivity contribution in [1.82, 2.24) is 15.1 Å². The van der Waals surface area contributed by atoms with Gasteiger partial charge in [-0.05, 0) is 20.8 Å². The minimum atomic E-state index is -0.0411. The van der Waals surface area contributed by atoms with Crippen molar-refractivity contribution in [3.8, 4) is 0 Å². The molecule has 0 bridgehead atoms. The van der Waals surface area contributed by atoms with Crippen molar-refractivity contribution < 1.29 is 4.79 Å². The molecule has 4 nitrogen and oxygen atoms in total. The highest BCUT2D eigenvalue weighted by Gasteiger charge is 2.37. The summed E-state index contributed by atoms with van der Waals surface area (Å²) in [5, 5.41) is 3.39. The van der Waals surface area contributed by atoms with Gasteiger partial charge in [-0.3, -0.25) is 9.69 Å². The monoisotopic (exact) mass is 211 g/mol. The molecule has 15 heavy (non-hydrogen) atoms. The minimum Gasteiger partial charge on any atom is -0.335 e. The predicted molar refractivity (Wildman–Crippen MR) is 59.7 cm³/mol. The van der Waals surface area contributed by atoms with Crippen LogP contribution in [-0.4, -0.2) is 60.0 Å². The van der Waals surface area contributed by atoms with Gasteiger partial charge in [0.25, 0.3) is 0 Å². The summed E-state index contributed by atoms with van der Waals surface area (Å²) in [5.74, 6) is 0.278. The SMILES string of the molecule is CC(C)(C)N1CC2CNCCN2CC1=O. The number of nitrogens with zero attached hydrogens (tertiary/aromatic N) is 2. The highest BCUT2D eigenvalue weighted by atomic mass is 16.2. The summed E-state index contributed by atoms with van der Waals surface area (Å²) in [6, 6.07) is 0.510. The maximum Gasteiger partial charge on any atom is 0.237 e. The second-order valence-corrected chi connectivity index (χ2v) is 5.50. The van der Waals surface area contributed by atoms with E-state index in [0.717, 1.165) is 26.2 Å². The number of rotatable bonds is 0. The van der Waals surface area contributed by atoms with E-state index in [4.69, 9.17) is 0 Å². The van der Waals surface area contributed by atoms with E-state index in [-0.39, 0.29) is 11.4 Å². The Labute approximate surface area is 91.6 Å². The van der Waals surface area contributed by atoms with Crippen molar-refractivity contribution in [2.45, 2.75) is 32.4 Å². The summed E-state index contributed by atoms with van der Waals surface area (Å²) in [4.78, 5) is 16.3. The van der Waals surface area contributed by atoms with E-state index >= 15 is 0 Å². The lowest BCUT2D eigenvalue weighted by Gasteiger charge is -2.48. The zero-order chi connectivity index (χ0) is 11.1. The van der Waals surface area contributed by atoms with Crippen molar-refractivity contribution in [1.29, 1.82) is 0 Å². The molecule has 0 saturated carbocycles. The number of carbonyl (C=O) groups is 1. The first-order valence-electron chi connectivity index (χ1n) is 5.74. The zero-order valence-corrected chi connectivity index (χ0v) is 9.92. The summed E-state index contributed by atoms with van der Waals surface area (Å²) < 4.78 is 0. The molecule has 0 aromatic rings. The lowest BCUT2D eigenvalue weighted by atomic mass is 10.0. The Morgan fingerprint density at radius 1 is 1.40 bits per heavy atom. The Bertz CT molecular complexity index is 259. The number of piperazine rings is 2. The van der Waals surface area contributed by atoms with E-state index in [1.165, 1.54) is 0 Å². The summed E-state index contributed by atoms with van der Waals surface area (Å²) in [6.45, 7) is 10.8. The molecule has 4 heteroatoms. The molecule has 2 aliphatic heterocycles. The van der Waals surface area contributed by atoms with E-state index in [1.54, 1.807) is 0 Å². The molecular weight excluding hydrogens is 190 g/mol. The summed E-state index contributed by atoms with van der Waals surface area (Å²) in [6.07, 6.45) is 0. The van der Waals surface area contributed by atoms with Gasteiger partial charge in [-0.25, -0.2) is 0 Å². The summed E-state index contributed by atoms with van der Waals surface area (Å²) >= 11 is 0. The molecule has 2 rings (SSSR count). The normalized spacial score (nSPS) is 29.1. The Kier molecular flexibility index (Phi) is 2.73. The first kappa shape index (κ1) is 10.9. The van der Waals surface area contributed by atoms with Gasteiger partial charge in [0.2, 0.25) is 5.91 Å². The van der Waals surface area contributed by atoms with Crippen molar-refractivity contribution in [2.75, 3.05) is 32.7 Å². The standard InChI is InChI=1S/C11H21N3O/c1-11(2,3)14-7-9-6-12-4-5-13(9)8-10(14)15/h9,12H,4-8H2,1-3H3. The molecule has 0 spiro atoms. The van der Waals surface area contributed by atoms with Crippen LogP contribution in [0.15, 0.2) is 0 Å². The highest BCUT2D eigenvalue weighted by Crippen LogP contribution is 2.20. The molecule has 2 aliphatic rings. The third-order valence-electron chi connectivity index (χ3n) is 3.31. The van der Waals surface area contributed by atoms with Crippen LogP contribution in [0.2, 0.25) is 0 Å². The fraction of sp³-hybridized carbons (Fsp3) is 0.909. The van der Waals surface area contributed by atoms with Crippen LogP contribution in [0.5, 0.6) is 0 Å². The van der Waals surface area contributed by atoms with Crippen molar-refractivity contribution in [3.63, 3.8) is 0 Å². The third-order valence-corrected chi connectivity index (χ3v) is 3.31. The molecule has 1 amide bonds. The average molecular weight is 211 g/mol. The van der Waals surface area contributed by atoms with Gasteiger partial charge in [-0.15, -0.1) is 0 Å².